The Kier molecular flexibility index (Phi) is 6.20. The Morgan fingerprint density at radius 3 is 2.67 bits per heavy atom. The van der Waals surface area contributed by atoms with Gasteiger partial charge in [-0.25, -0.2) is 0 Å². The van der Waals surface area contributed by atoms with E-state index in [1.54, 1.807) is 7.11 Å². The molecule has 2 aliphatic rings. The first-order valence-corrected chi connectivity index (χ1v) is 10.3. The maximum absolute atomic E-state index is 13.4. The molecule has 0 aromatic heterocycles. The van der Waals surface area contributed by atoms with Crippen molar-refractivity contribution in [1.29, 1.82) is 0 Å². The van der Waals surface area contributed by atoms with Crippen molar-refractivity contribution in [2.75, 3.05) is 20.3 Å². The van der Waals surface area contributed by atoms with Crippen LogP contribution in [0.4, 0.5) is 0 Å². The van der Waals surface area contributed by atoms with Crippen molar-refractivity contribution in [3.8, 4) is 0 Å². The van der Waals surface area contributed by atoms with Crippen LogP contribution in [-0.4, -0.2) is 48.6 Å². The summed E-state index contributed by atoms with van der Waals surface area (Å²) < 4.78 is 5.30. The summed E-state index contributed by atoms with van der Waals surface area (Å²) in [4.78, 5) is 28.8. The molecular formula is C22H32N2O3. The summed E-state index contributed by atoms with van der Waals surface area (Å²) in [5, 5.41) is 3.20. The molecule has 2 atom stereocenters. The minimum atomic E-state index is -0.445. The van der Waals surface area contributed by atoms with Gasteiger partial charge in [-0.2, -0.15) is 0 Å². The molecule has 1 aromatic rings. The molecule has 0 bridgehead atoms. The van der Waals surface area contributed by atoms with Gasteiger partial charge in [0.05, 0.1) is 18.1 Å². The Balaban J connectivity index is 2.10. The Labute approximate surface area is 162 Å². The molecule has 0 saturated heterocycles. The highest BCUT2D eigenvalue weighted by atomic mass is 16.5. The number of hydrogen-bond acceptors (Lipinski definition) is 3. The molecule has 5 nitrogen and oxygen atoms in total. The topological polar surface area (TPSA) is 58.6 Å². The third-order valence-electron chi connectivity index (χ3n) is 6.32. The first-order chi connectivity index (χ1) is 13.0. The van der Waals surface area contributed by atoms with Gasteiger partial charge in [0.2, 0.25) is 5.91 Å². The molecule has 1 N–H and O–H groups in total. The van der Waals surface area contributed by atoms with E-state index >= 15 is 0 Å². The number of hydrogen-bond donors (Lipinski definition) is 1. The number of fused-ring (bicyclic) bond motifs is 1. The molecule has 1 aliphatic heterocycles. The van der Waals surface area contributed by atoms with Crippen molar-refractivity contribution in [3.05, 3.63) is 35.4 Å². The van der Waals surface area contributed by atoms with Crippen molar-refractivity contribution >= 4 is 11.8 Å². The average molecular weight is 373 g/mol. The molecule has 0 unspecified atom stereocenters. The maximum Gasteiger partial charge on any atom is 0.254 e. The van der Waals surface area contributed by atoms with E-state index in [9.17, 15) is 9.59 Å². The Morgan fingerprint density at radius 2 is 2.00 bits per heavy atom. The summed E-state index contributed by atoms with van der Waals surface area (Å²) in [6.45, 7) is 5.12. The van der Waals surface area contributed by atoms with E-state index < -0.39 is 5.54 Å². The van der Waals surface area contributed by atoms with Crippen LogP contribution in [0.2, 0.25) is 0 Å². The summed E-state index contributed by atoms with van der Waals surface area (Å²) >= 11 is 0. The minimum absolute atomic E-state index is 0.0390. The average Bonchev–Trinajstić information content (AvgIpc) is 2.68. The van der Waals surface area contributed by atoms with Crippen LogP contribution in [-0.2, 0) is 9.53 Å². The lowest BCUT2D eigenvalue weighted by atomic mass is 9.65. The SMILES string of the molecule is CC[C@H](C)NC(=O)[C@@H]1c2ccccc2C(=O)N(CCOC)C12CCCCC2. The smallest absolute Gasteiger partial charge is 0.254 e. The van der Waals surface area contributed by atoms with Gasteiger partial charge in [-0.3, -0.25) is 9.59 Å². The van der Waals surface area contributed by atoms with Crippen molar-refractivity contribution in [2.24, 2.45) is 0 Å². The summed E-state index contributed by atoms with van der Waals surface area (Å²) in [7, 11) is 1.66. The van der Waals surface area contributed by atoms with Crippen LogP contribution in [0.3, 0.4) is 0 Å². The molecule has 1 spiro atoms. The van der Waals surface area contributed by atoms with Gasteiger partial charge in [0.25, 0.3) is 5.91 Å². The number of nitrogens with zero attached hydrogens (tertiary/aromatic N) is 1. The molecule has 1 heterocycles. The van der Waals surface area contributed by atoms with Gasteiger partial charge in [-0.15, -0.1) is 0 Å². The standard InChI is InChI=1S/C22H32N2O3/c1-4-16(2)23-20(25)19-17-10-6-7-11-18(17)21(26)24(14-15-27-3)22(19)12-8-5-9-13-22/h6-7,10-11,16,19H,4-5,8-9,12-15H2,1-3H3,(H,23,25)/t16-,19-/m0/s1. The number of amides is 2. The molecule has 148 valence electrons. The fourth-order valence-corrected chi connectivity index (χ4v) is 4.78. The van der Waals surface area contributed by atoms with Crippen LogP contribution >= 0.6 is 0 Å². The Bertz CT molecular complexity index is 682. The molecule has 5 heteroatoms. The van der Waals surface area contributed by atoms with E-state index in [1.807, 2.05) is 36.1 Å². The number of ether oxygens (including phenoxy) is 1. The van der Waals surface area contributed by atoms with Gasteiger partial charge in [-0.05, 0) is 37.8 Å². The lowest BCUT2D eigenvalue weighted by Crippen LogP contribution is -2.63. The van der Waals surface area contributed by atoms with E-state index in [4.69, 9.17) is 4.74 Å². The molecule has 1 aromatic carbocycles. The minimum Gasteiger partial charge on any atom is -0.383 e. The highest BCUT2D eigenvalue weighted by Crippen LogP contribution is 2.49. The molecule has 27 heavy (non-hydrogen) atoms. The molecule has 1 aliphatic carbocycles. The lowest BCUT2D eigenvalue weighted by molar-refractivity contribution is -0.128. The quantitative estimate of drug-likeness (QED) is 0.832. The van der Waals surface area contributed by atoms with E-state index in [0.717, 1.165) is 44.1 Å². The van der Waals surface area contributed by atoms with Gasteiger partial charge >= 0.3 is 0 Å². The van der Waals surface area contributed by atoms with E-state index in [0.29, 0.717) is 18.7 Å². The number of nitrogens with one attached hydrogen (secondary N) is 1. The molecular weight excluding hydrogens is 340 g/mol. The van der Waals surface area contributed by atoms with Crippen LogP contribution in [0, 0.1) is 0 Å². The highest BCUT2D eigenvalue weighted by Gasteiger charge is 2.54. The number of carbonyl (C=O) groups is 2. The van der Waals surface area contributed by atoms with Crippen molar-refractivity contribution in [1.82, 2.24) is 10.2 Å². The number of rotatable bonds is 6. The molecule has 2 amide bonds. The van der Waals surface area contributed by atoms with E-state index in [1.165, 1.54) is 0 Å². The van der Waals surface area contributed by atoms with Gasteiger partial charge in [0, 0.05) is 25.3 Å². The van der Waals surface area contributed by atoms with Crippen LogP contribution in [0.5, 0.6) is 0 Å². The number of benzene rings is 1. The Morgan fingerprint density at radius 1 is 1.30 bits per heavy atom. The van der Waals surface area contributed by atoms with Gasteiger partial charge < -0.3 is 15.0 Å². The Hall–Kier alpha value is -1.88. The van der Waals surface area contributed by atoms with Crippen molar-refractivity contribution in [2.45, 2.75) is 69.9 Å². The van der Waals surface area contributed by atoms with Gasteiger partial charge in [0.15, 0.2) is 0 Å². The third kappa shape index (κ3) is 3.62. The first kappa shape index (κ1) is 19.9. The van der Waals surface area contributed by atoms with E-state index in [2.05, 4.69) is 12.2 Å². The second-order valence-electron chi connectivity index (χ2n) is 7.95. The summed E-state index contributed by atoms with van der Waals surface area (Å²) in [5.74, 6) is -0.233. The zero-order chi connectivity index (χ0) is 19.4. The van der Waals surface area contributed by atoms with Crippen LogP contribution in [0.1, 0.15) is 74.2 Å². The second kappa shape index (κ2) is 8.42. The summed E-state index contributed by atoms with van der Waals surface area (Å²) in [6.07, 6.45) is 5.89. The van der Waals surface area contributed by atoms with Crippen molar-refractivity contribution in [3.63, 3.8) is 0 Å². The lowest BCUT2D eigenvalue weighted by Gasteiger charge is -2.53. The molecule has 3 rings (SSSR count). The van der Waals surface area contributed by atoms with Crippen LogP contribution in [0.25, 0.3) is 0 Å². The van der Waals surface area contributed by atoms with Gasteiger partial charge in [0.1, 0.15) is 0 Å². The maximum atomic E-state index is 13.4. The highest BCUT2D eigenvalue weighted by molar-refractivity contribution is 6.02. The normalized spacial score (nSPS) is 22.4. The fraction of sp³-hybridized carbons (Fsp3) is 0.636. The van der Waals surface area contributed by atoms with Gasteiger partial charge in [-0.1, -0.05) is 44.4 Å². The summed E-state index contributed by atoms with van der Waals surface area (Å²) in [5.41, 5.74) is 1.10. The van der Waals surface area contributed by atoms with Crippen LogP contribution < -0.4 is 5.32 Å². The first-order valence-electron chi connectivity index (χ1n) is 10.3. The fourth-order valence-electron chi connectivity index (χ4n) is 4.78. The third-order valence-corrected chi connectivity index (χ3v) is 6.32. The van der Waals surface area contributed by atoms with E-state index in [-0.39, 0.29) is 23.8 Å². The monoisotopic (exact) mass is 372 g/mol. The second-order valence-corrected chi connectivity index (χ2v) is 7.95. The summed E-state index contributed by atoms with van der Waals surface area (Å²) in [6, 6.07) is 7.77. The van der Waals surface area contributed by atoms with Crippen LogP contribution in [0.15, 0.2) is 24.3 Å². The molecule has 1 fully saturated rings. The molecule has 1 saturated carbocycles. The number of carbonyl (C=O) groups excluding carboxylic acids is 2. The molecule has 0 radical (unpaired) electrons. The predicted octanol–water partition coefficient (Wildman–Crippen LogP) is 3.49. The number of methoxy groups -OCH3 is 1. The van der Waals surface area contributed by atoms with Crippen molar-refractivity contribution < 1.29 is 14.3 Å². The zero-order valence-corrected chi connectivity index (χ0v) is 16.8. The largest absolute Gasteiger partial charge is 0.383 e. The predicted molar refractivity (Wildman–Crippen MR) is 106 cm³/mol. The zero-order valence-electron chi connectivity index (χ0n) is 16.8.